The van der Waals surface area contributed by atoms with Gasteiger partial charge in [0.1, 0.15) is 11.3 Å². The van der Waals surface area contributed by atoms with Gasteiger partial charge in [-0.25, -0.2) is 0 Å². The van der Waals surface area contributed by atoms with Gasteiger partial charge in [-0.3, -0.25) is 4.79 Å². The third-order valence-corrected chi connectivity index (χ3v) is 6.71. The molecule has 11 heteroatoms. The van der Waals surface area contributed by atoms with Crippen LogP contribution in [-0.4, -0.2) is 49.4 Å². The van der Waals surface area contributed by atoms with Gasteiger partial charge in [-0.15, -0.1) is 13.2 Å². The molecule has 0 radical (unpaired) electrons. The third-order valence-electron chi connectivity index (χ3n) is 6.21. The van der Waals surface area contributed by atoms with Crippen molar-refractivity contribution in [2.45, 2.75) is 24.0 Å². The maximum absolute atomic E-state index is 12.9. The van der Waals surface area contributed by atoms with E-state index in [1.807, 2.05) is 0 Å². The van der Waals surface area contributed by atoms with Crippen molar-refractivity contribution in [3.05, 3.63) is 95.2 Å². The summed E-state index contributed by atoms with van der Waals surface area (Å²) in [5.41, 5.74) is -3.06. The zero-order valence-electron chi connectivity index (χ0n) is 19.8. The molecule has 1 aliphatic heterocycles. The van der Waals surface area contributed by atoms with Crippen molar-refractivity contribution in [3.63, 3.8) is 0 Å². The van der Waals surface area contributed by atoms with Crippen LogP contribution in [-0.2, 0) is 14.3 Å². The monoisotopic (exact) mass is 556 g/mol. The minimum Gasteiger partial charge on any atom is -0.406 e. The van der Waals surface area contributed by atoms with E-state index in [1.165, 1.54) is 22.9 Å². The van der Waals surface area contributed by atoms with E-state index in [0.29, 0.717) is 27.8 Å². The van der Waals surface area contributed by atoms with Crippen LogP contribution in [0.3, 0.4) is 0 Å². The highest BCUT2D eigenvalue weighted by Gasteiger charge is 2.61. The average Bonchev–Trinajstić information content (AvgIpc) is 3.34. The lowest BCUT2D eigenvalue weighted by Gasteiger charge is -2.54. The fourth-order valence-electron chi connectivity index (χ4n) is 4.48. The number of nitrogens with zero attached hydrogens (tertiary/aromatic N) is 2. The van der Waals surface area contributed by atoms with Crippen molar-refractivity contribution in [2.24, 2.45) is 0 Å². The lowest BCUT2D eigenvalue weighted by atomic mass is 9.76. The fraction of sp³-hybridized carbons (Fsp3) is 0.269. The molecule has 2 atom stereocenters. The number of carbonyl (C=O) groups is 1. The van der Waals surface area contributed by atoms with E-state index >= 15 is 0 Å². The molecule has 2 unspecified atom stereocenters. The molecule has 2 aromatic rings. The van der Waals surface area contributed by atoms with Crippen LogP contribution in [0, 0.1) is 0 Å². The second kappa shape index (κ2) is 11.2. The molecular formula is C26H25Cl2F3N2O4. The summed E-state index contributed by atoms with van der Waals surface area (Å²) in [6.07, 6.45) is -2.26. The zero-order valence-corrected chi connectivity index (χ0v) is 21.4. The van der Waals surface area contributed by atoms with E-state index in [1.54, 1.807) is 48.5 Å². The number of hydrogen-bond acceptors (Lipinski definition) is 5. The molecule has 0 bridgehead atoms. The van der Waals surface area contributed by atoms with Gasteiger partial charge in [0.2, 0.25) is 6.41 Å². The number of likely N-dealkylation sites (N-methyl/N-ethyl adjacent to an activating group) is 1. The first-order valence-corrected chi connectivity index (χ1v) is 11.7. The summed E-state index contributed by atoms with van der Waals surface area (Å²) in [5.74, 6) is -0.788. The molecule has 1 saturated heterocycles. The van der Waals surface area contributed by atoms with Crippen LogP contribution in [0.25, 0.3) is 0 Å². The first-order valence-electron chi connectivity index (χ1n) is 11.0. The Morgan fingerprint density at radius 3 is 2.08 bits per heavy atom. The molecule has 198 valence electrons. The van der Waals surface area contributed by atoms with Gasteiger partial charge in [-0.05, 0) is 54.6 Å². The largest absolute Gasteiger partial charge is 0.573 e. The van der Waals surface area contributed by atoms with E-state index in [0.717, 1.165) is 6.08 Å². The van der Waals surface area contributed by atoms with Gasteiger partial charge < -0.3 is 24.4 Å². The van der Waals surface area contributed by atoms with Crippen LogP contribution in [0.1, 0.15) is 6.42 Å². The number of rotatable bonds is 10. The highest BCUT2D eigenvalue weighted by molar-refractivity contribution is 6.30. The zero-order chi connectivity index (χ0) is 27.4. The van der Waals surface area contributed by atoms with E-state index in [9.17, 15) is 23.1 Å². The first kappa shape index (κ1) is 28.6. The molecule has 37 heavy (non-hydrogen) atoms. The number of ether oxygens (including phenoxy) is 2. The van der Waals surface area contributed by atoms with Gasteiger partial charge in [0, 0.05) is 47.1 Å². The molecule has 1 heterocycles. The Morgan fingerprint density at radius 1 is 1.11 bits per heavy atom. The van der Waals surface area contributed by atoms with Crippen LogP contribution in [0.15, 0.2) is 85.2 Å². The summed E-state index contributed by atoms with van der Waals surface area (Å²) in [6.45, 7) is 7.03. The quantitative estimate of drug-likeness (QED) is 0.166. The molecule has 0 spiro atoms. The summed E-state index contributed by atoms with van der Waals surface area (Å²) in [4.78, 5) is 15.3. The van der Waals surface area contributed by atoms with Crippen LogP contribution in [0.4, 0.5) is 24.5 Å². The van der Waals surface area contributed by atoms with Crippen molar-refractivity contribution in [1.82, 2.24) is 0 Å². The number of aliphatic hydroxyl groups is 1. The summed E-state index contributed by atoms with van der Waals surface area (Å²) in [5, 5.41) is 13.5. The summed E-state index contributed by atoms with van der Waals surface area (Å²) >= 11 is 12.1. The highest BCUT2D eigenvalue weighted by Crippen LogP contribution is 2.46. The second-order valence-electron chi connectivity index (χ2n) is 8.31. The predicted octanol–water partition coefficient (Wildman–Crippen LogP) is 6.10. The average molecular weight is 557 g/mol. The summed E-state index contributed by atoms with van der Waals surface area (Å²) in [7, 11) is 1.53. The molecule has 0 aliphatic carbocycles. The Hall–Kier alpha value is -2.98. The lowest BCUT2D eigenvalue weighted by Crippen LogP contribution is -2.72. The molecule has 0 saturated carbocycles. The Balaban J connectivity index is 2.29. The smallest absolute Gasteiger partial charge is 0.406 e. The number of allylic oxidation sites excluding steroid dienone is 1. The van der Waals surface area contributed by atoms with Crippen LogP contribution in [0.2, 0.25) is 10.0 Å². The van der Waals surface area contributed by atoms with Gasteiger partial charge in [-0.2, -0.15) is 0 Å². The highest BCUT2D eigenvalue weighted by atomic mass is 35.5. The van der Waals surface area contributed by atoms with E-state index in [2.05, 4.69) is 17.9 Å². The van der Waals surface area contributed by atoms with Crippen LogP contribution in [0.5, 0.6) is 0 Å². The number of benzene rings is 2. The fourth-order valence-corrected chi connectivity index (χ4v) is 4.73. The van der Waals surface area contributed by atoms with Crippen molar-refractivity contribution in [3.8, 4) is 0 Å². The van der Waals surface area contributed by atoms with Crippen LogP contribution >= 0.6 is 23.2 Å². The number of hydrogen-bond donors (Lipinski definition) is 1. The van der Waals surface area contributed by atoms with Crippen molar-refractivity contribution >= 4 is 41.0 Å². The topological polar surface area (TPSA) is 62.2 Å². The first-order chi connectivity index (χ1) is 17.4. The van der Waals surface area contributed by atoms with E-state index < -0.39 is 23.4 Å². The van der Waals surface area contributed by atoms with Gasteiger partial charge in [0.25, 0.3) is 0 Å². The SMILES string of the molecule is C=C/C(=C\C(=C)OC(F)(F)F)C(O)(N(C)c1ccc(Cl)cc1)C1(N(C=O)c2ccc(Cl)cc2)CCOC1. The van der Waals surface area contributed by atoms with E-state index in [4.69, 9.17) is 27.9 Å². The lowest BCUT2D eigenvalue weighted by molar-refractivity contribution is -0.303. The van der Waals surface area contributed by atoms with Gasteiger partial charge in [0.15, 0.2) is 5.72 Å². The minimum atomic E-state index is -5.01. The second-order valence-corrected chi connectivity index (χ2v) is 9.18. The predicted molar refractivity (Wildman–Crippen MR) is 138 cm³/mol. The Bertz CT molecular complexity index is 1160. The van der Waals surface area contributed by atoms with Gasteiger partial charge in [0.05, 0.1) is 6.61 Å². The summed E-state index contributed by atoms with van der Waals surface area (Å²) in [6, 6.07) is 12.7. The molecule has 1 amide bonds. The Kier molecular flexibility index (Phi) is 8.64. The molecule has 6 nitrogen and oxygen atoms in total. The molecule has 3 rings (SSSR count). The number of alkyl halides is 3. The van der Waals surface area contributed by atoms with Gasteiger partial charge in [-0.1, -0.05) is 42.4 Å². The number of amides is 1. The van der Waals surface area contributed by atoms with Crippen molar-refractivity contribution < 1.29 is 32.5 Å². The number of carbonyl (C=O) groups excluding carboxylic acids is 1. The maximum atomic E-state index is 12.9. The number of halogens is 5. The Labute approximate surface area is 222 Å². The van der Waals surface area contributed by atoms with Crippen molar-refractivity contribution in [2.75, 3.05) is 30.1 Å². The molecule has 2 aromatic carbocycles. The minimum absolute atomic E-state index is 0.112. The molecule has 1 fully saturated rings. The van der Waals surface area contributed by atoms with Crippen molar-refractivity contribution in [1.29, 1.82) is 0 Å². The number of anilines is 2. The molecular weight excluding hydrogens is 532 g/mol. The van der Waals surface area contributed by atoms with Crippen LogP contribution < -0.4 is 9.80 Å². The molecule has 1 aliphatic rings. The van der Waals surface area contributed by atoms with E-state index in [-0.39, 0.29) is 25.2 Å². The third kappa shape index (κ3) is 5.80. The maximum Gasteiger partial charge on any atom is 0.573 e. The summed E-state index contributed by atoms with van der Waals surface area (Å²) < 4.78 is 48.4. The van der Waals surface area contributed by atoms with Gasteiger partial charge >= 0.3 is 6.36 Å². The Morgan fingerprint density at radius 2 is 1.65 bits per heavy atom. The standard InChI is InChI=1S/C26H25Cl2F3N2O4/c1-4-19(15-18(2)37-26(29,30)31)25(35,32(3)22-9-5-20(27)6-10-22)24(13-14-36-16-24)33(17-34)23-11-7-21(28)8-12-23/h4-12,15,17,35H,1-2,13-14,16H2,3H3/b19-15+. The normalized spacial score (nSPS) is 19.6. The molecule has 0 aromatic heterocycles. The molecule has 1 N–H and O–H groups in total.